The van der Waals surface area contributed by atoms with Gasteiger partial charge >= 0.3 is 0 Å². The summed E-state index contributed by atoms with van der Waals surface area (Å²) in [5, 5.41) is 4.21. The summed E-state index contributed by atoms with van der Waals surface area (Å²) in [6.07, 6.45) is 1.96. The predicted molar refractivity (Wildman–Crippen MR) is 104 cm³/mol. The summed E-state index contributed by atoms with van der Waals surface area (Å²) in [4.78, 5) is 4.63. The van der Waals surface area contributed by atoms with E-state index >= 15 is 0 Å². The van der Waals surface area contributed by atoms with Crippen LogP contribution in [0, 0.1) is 0 Å². The normalized spacial score (nSPS) is 16.0. The van der Waals surface area contributed by atoms with Gasteiger partial charge in [0.2, 0.25) is 5.82 Å². The van der Waals surface area contributed by atoms with Crippen molar-refractivity contribution < 1.29 is 9.26 Å². The first kappa shape index (κ1) is 17.7. The average Bonchev–Trinajstić information content (AvgIpc) is 3.28. The maximum Gasteiger partial charge on any atom is 0.258 e. The first-order chi connectivity index (χ1) is 13.0. The molecule has 6 heteroatoms. The standard InChI is InChI=1S/C21H24N4O2/c1-12(2)26-15-9-13(11-22)8-14(10-15)21-24-20(25-27-21)18-5-3-4-17-16(18)6-7-19(17)23/h3-5,8-10,12,19H,6-7,11,22-23H2,1-2H3/t19-/m1/s1. The zero-order chi connectivity index (χ0) is 19.0. The van der Waals surface area contributed by atoms with Crippen LogP contribution in [0.3, 0.4) is 0 Å². The number of nitrogens with two attached hydrogens (primary N) is 2. The van der Waals surface area contributed by atoms with Crippen molar-refractivity contribution >= 4 is 0 Å². The molecular formula is C21H24N4O2. The zero-order valence-corrected chi connectivity index (χ0v) is 15.6. The number of hydrogen-bond donors (Lipinski definition) is 2. The van der Waals surface area contributed by atoms with Crippen LogP contribution in [0.2, 0.25) is 0 Å². The van der Waals surface area contributed by atoms with Crippen molar-refractivity contribution in [3.63, 3.8) is 0 Å². The van der Waals surface area contributed by atoms with Crippen LogP contribution in [0.25, 0.3) is 22.8 Å². The van der Waals surface area contributed by atoms with Gasteiger partial charge in [-0.2, -0.15) is 4.98 Å². The number of nitrogens with zero attached hydrogens (tertiary/aromatic N) is 2. The van der Waals surface area contributed by atoms with E-state index in [4.69, 9.17) is 20.7 Å². The molecule has 1 heterocycles. The SMILES string of the molecule is CC(C)Oc1cc(CN)cc(-c2nc(-c3cccc4c3CC[C@H]4N)no2)c1. The topological polar surface area (TPSA) is 100 Å². The van der Waals surface area contributed by atoms with Crippen molar-refractivity contribution in [2.75, 3.05) is 0 Å². The lowest BCUT2D eigenvalue weighted by Crippen LogP contribution is -2.06. The van der Waals surface area contributed by atoms with Crippen molar-refractivity contribution in [2.45, 2.75) is 45.4 Å². The Morgan fingerprint density at radius 2 is 2.11 bits per heavy atom. The van der Waals surface area contributed by atoms with Gasteiger partial charge in [0.05, 0.1) is 6.10 Å². The molecule has 0 bridgehead atoms. The Balaban J connectivity index is 1.72. The van der Waals surface area contributed by atoms with E-state index in [1.807, 2.05) is 44.2 Å². The second kappa shape index (κ2) is 7.13. The second-order valence-electron chi connectivity index (χ2n) is 7.18. The van der Waals surface area contributed by atoms with Crippen LogP contribution in [0.1, 0.15) is 43.0 Å². The zero-order valence-electron chi connectivity index (χ0n) is 15.6. The van der Waals surface area contributed by atoms with Crippen LogP contribution in [0.15, 0.2) is 40.9 Å². The highest BCUT2D eigenvalue weighted by molar-refractivity contribution is 5.66. The van der Waals surface area contributed by atoms with E-state index in [-0.39, 0.29) is 12.1 Å². The fourth-order valence-electron chi connectivity index (χ4n) is 3.59. The average molecular weight is 364 g/mol. The highest BCUT2D eigenvalue weighted by atomic mass is 16.5. The summed E-state index contributed by atoms with van der Waals surface area (Å²) in [7, 11) is 0. The maximum atomic E-state index is 6.19. The van der Waals surface area contributed by atoms with Gasteiger partial charge in [-0.3, -0.25) is 0 Å². The molecule has 2 aromatic carbocycles. The summed E-state index contributed by atoms with van der Waals surface area (Å²) < 4.78 is 11.4. The second-order valence-corrected chi connectivity index (χ2v) is 7.18. The molecule has 4 N–H and O–H groups in total. The fraction of sp³-hybridized carbons (Fsp3) is 0.333. The third-order valence-corrected chi connectivity index (χ3v) is 4.80. The monoisotopic (exact) mass is 364 g/mol. The number of aromatic nitrogens is 2. The Bertz CT molecular complexity index is 965. The largest absolute Gasteiger partial charge is 0.491 e. The lowest BCUT2D eigenvalue weighted by atomic mass is 10.0. The Hall–Kier alpha value is -2.70. The number of benzene rings is 2. The molecule has 4 rings (SSSR count). The van der Waals surface area contributed by atoms with Gasteiger partial charge in [0.25, 0.3) is 5.89 Å². The minimum Gasteiger partial charge on any atom is -0.491 e. The summed E-state index contributed by atoms with van der Waals surface area (Å²) >= 11 is 0. The summed E-state index contributed by atoms with van der Waals surface area (Å²) in [6, 6.07) is 12.0. The van der Waals surface area contributed by atoms with E-state index in [1.165, 1.54) is 11.1 Å². The van der Waals surface area contributed by atoms with Gasteiger partial charge < -0.3 is 20.7 Å². The van der Waals surface area contributed by atoms with Crippen molar-refractivity contribution in [1.82, 2.24) is 10.1 Å². The van der Waals surface area contributed by atoms with E-state index in [1.54, 1.807) is 0 Å². The number of rotatable bonds is 5. The number of fused-ring (bicyclic) bond motifs is 1. The van der Waals surface area contributed by atoms with Crippen LogP contribution in [-0.4, -0.2) is 16.2 Å². The molecular weight excluding hydrogens is 340 g/mol. The van der Waals surface area contributed by atoms with Crippen LogP contribution < -0.4 is 16.2 Å². The smallest absolute Gasteiger partial charge is 0.258 e. The van der Waals surface area contributed by atoms with Gasteiger partial charge in [0.15, 0.2) is 0 Å². The van der Waals surface area contributed by atoms with E-state index in [0.29, 0.717) is 18.3 Å². The van der Waals surface area contributed by atoms with Crippen LogP contribution in [-0.2, 0) is 13.0 Å². The van der Waals surface area contributed by atoms with Crippen LogP contribution in [0.4, 0.5) is 0 Å². The molecule has 1 aliphatic rings. The van der Waals surface area contributed by atoms with Gasteiger partial charge in [-0.05, 0) is 61.6 Å². The molecule has 0 radical (unpaired) electrons. The van der Waals surface area contributed by atoms with Gasteiger partial charge in [0.1, 0.15) is 5.75 Å². The summed E-state index contributed by atoms with van der Waals surface area (Å²) in [5.41, 5.74) is 17.2. The van der Waals surface area contributed by atoms with Crippen molar-refractivity contribution in [3.8, 4) is 28.6 Å². The highest BCUT2D eigenvalue weighted by Gasteiger charge is 2.24. The molecule has 0 aliphatic heterocycles. The Morgan fingerprint density at radius 3 is 2.89 bits per heavy atom. The molecule has 0 spiro atoms. The van der Waals surface area contributed by atoms with Crippen molar-refractivity contribution in [1.29, 1.82) is 0 Å². The molecule has 0 saturated heterocycles. The molecule has 1 aliphatic carbocycles. The molecule has 27 heavy (non-hydrogen) atoms. The number of ether oxygens (including phenoxy) is 1. The first-order valence-electron chi connectivity index (χ1n) is 9.27. The molecule has 0 fully saturated rings. The molecule has 1 aromatic heterocycles. The predicted octanol–water partition coefficient (Wildman–Crippen LogP) is 3.60. The minimum atomic E-state index is 0.0697. The fourth-order valence-corrected chi connectivity index (χ4v) is 3.59. The minimum absolute atomic E-state index is 0.0697. The third-order valence-electron chi connectivity index (χ3n) is 4.80. The van der Waals surface area contributed by atoms with Gasteiger partial charge in [-0.15, -0.1) is 0 Å². The van der Waals surface area contributed by atoms with Crippen molar-refractivity contribution in [3.05, 3.63) is 53.1 Å². The Labute approximate surface area is 158 Å². The highest BCUT2D eigenvalue weighted by Crippen LogP contribution is 2.36. The van der Waals surface area contributed by atoms with E-state index in [2.05, 4.69) is 16.2 Å². The lowest BCUT2D eigenvalue weighted by molar-refractivity contribution is 0.242. The molecule has 3 aromatic rings. The summed E-state index contributed by atoms with van der Waals surface area (Å²) in [6.45, 7) is 4.38. The molecule has 140 valence electrons. The Kier molecular flexibility index (Phi) is 4.68. The molecule has 1 atom stereocenters. The molecule has 0 amide bonds. The van der Waals surface area contributed by atoms with Crippen molar-refractivity contribution in [2.24, 2.45) is 11.5 Å². The first-order valence-corrected chi connectivity index (χ1v) is 9.27. The van der Waals surface area contributed by atoms with Gasteiger partial charge in [0, 0.05) is 23.7 Å². The van der Waals surface area contributed by atoms with Gasteiger partial charge in [-0.25, -0.2) is 0 Å². The van der Waals surface area contributed by atoms with E-state index in [0.717, 1.165) is 35.3 Å². The quantitative estimate of drug-likeness (QED) is 0.717. The van der Waals surface area contributed by atoms with Crippen LogP contribution >= 0.6 is 0 Å². The Morgan fingerprint density at radius 1 is 1.26 bits per heavy atom. The van der Waals surface area contributed by atoms with E-state index in [9.17, 15) is 0 Å². The number of hydrogen-bond acceptors (Lipinski definition) is 6. The molecule has 0 saturated carbocycles. The maximum absolute atomic E-state index is 6.19. The van der Waals surface area contributed by atoms with E-state index < -0.39 is 0 Å². The van der Waals surface area contributed by atoms with Gasteiger partial charge in [-0.1, -0.05) is 23.4 Å². The molecule has 6 nitrogen and oxygen atoms in total. The van der Waals surface area contributed by atoms with Crippen LogP contribution in [0.5, 0.6) is 5.75 Å². The third kappa shape index (κ3) is 3.46. The lowest BCUT2D eigenvalue weighted by Gasteiger charge is -2.11. The summed E-state index contributed by atoms with van der Waals surface area (Å²) in [5.74, 6) is 1.78. The molecule has 0 unspecified atom stereocenters.